The van der Waals surface area contributed by atoms with Crippen molar-refractivity contribution >= 4 is 12.5 Å². The van der Waals surface area contributed by atoms with Crippen LogP contribution < -0.4 is 0 Å². The summed E-state index contributed by atoms with van der Waals surface area (Å²) in [5.74, 6) is 0. The molecule has 0 fully saturated rings. The van der Waals surface area contributed by atoms with Gasteiger partial charge in [0.25, 0.3) is 0 Å². The maximum absolute atomic E-state index is 10.0. The molecule has 0 unspecified atom stereocenters. The van der Waals surface area contributed by atoms with Gasteiger partial charge in [-0.05, 0) is 31.3 Å². The Labute approximate surface area is 73.4 Å². The third-order valence-electron chi connectivity index (χ3n) is 1.94. The summed E-state index contributed by atoms with van der Waals surface area (Å²) in [6.45, 7) is 0.978. The number of allylic oxidation sites excluding steroid dienone is 2. The molecule has 0 atom stereocenters. The summed E-state index contributed by atoms with van der Waals surface area (Å²) in [7, 11) is 0. The van der Waals surface area contributed by atoms with Crippen molar-refractivity contribution < 1.29 is 4.79 Å². The van der Waals surface area contributed by atoms with E-state index in [4.69, 9.17) is 0 Å². The van der Waals surface area contributed by atoms with E-state index in [1.165, 1.54) is 12.0 Å². The zero-order valence-electron chi connectivity index (χ0n) is 7.33. The van der Waals surface area contributed by atoms with Crippen LogP contribution in [0.25, 0.3) is 0 Å². The largest absolute Gasteiger partial charge is 0.303 e. The van der Waals surface area contributed by atoms with E-state index in [0.29, 0.717) is 6.42 Å². The third-order valence-corrected chi connectivity index (χ3v) is 1.94. The van der Waals surface area contributed by atoms with Crippen molar-refractivity contribution in [3.8, 4) is 0 Å². The van der Waals surface area contributed by atoms with Gasteiger partial charge in [-0.1, -0.05) is 6.08 Å². The van der Waals surface area contributed by atoms with Crippen molar-refractivity contribution in [2.45, 2.75) is 32.1 Å². The molecule has 1 rings (SSSR count). The Hall–Kier alpha value is -0.920. The number of unbranched alkanes of at least 4 members (excludes halogenated alkanes) is 2. The molecule has 0 spiro atoms. The van der Waals surface area contributed by atoms with Crippen LogP contribution in [0.1, 0.15) is 32.1 Å². The van der Waals surface area contributed by atoms with E-state index in [-0.39, 0.29) is 0 Å². The number of hydrogen-bond donors (Lipinski definition) is 0. The number of carbonyl (C=O) groups excluding carboxylic acids is 1. The lowest BCUT2D eigenvalue weighted by molar-refractivity contribution is -0.107. The highest BCUT2D eigenvalue weighted by atomic mass is 16.1. The molecule has 2 heteroatoms. The fourth-order valence-electron chi connectivity index (χ4n) is 1.26. The van der Waals surface area contributed by atoms with E-state index >= 15 is 0 Å². The first-order valence-corrected chi connectivity index (χ1v) is 4.56. The fraction of sp³-hybridized carbons (Fsp3) is 0.600. The lowest BCUT2D eigenvalue weighted by atomic mass is 10.1. The molecule has 0 saturated carbocycles. The first kappa shape index (κ1) is 9.17. The van der Waals surface area contributed by atoms with Crippen LogP contribution >= 0.6 is 0 Å². The Kier molecular flexibility index (Phi) is 4.35. The molecule has 1 aliphatic rings. The highest BCUT2D eigenvalue weighted by Crippen LogP contribution is 2.09. The van der Waals surface area contributed by atoms with Crippen LogP contribution in [-0.2, 0) is 4.79 Å². The van der Waals surface area contributed by atoms with E-state index < -0.39 is 0 Å². The summed E-state index contributed by atoms with van der Waals surface area (Å²) in [4.78, 5) is 14.2. The van der Waals surface area contributed by atoms with Crippen LogP contribution in [0.4, 0.5) is 0 Å². The van der Waals surface area contributed by atoms with Gasteiger partial charge in [0.05, 0.1) is 0 Å². The van der Waals surface area contributed by atoms with Crippen LogP contribution in [-0.4, -0.2) is 19.0 Å². The summed E-state index contributed by atoms with van der Waals surface area (Å²) in [5.41, 5.74) is 1.34. The fourth-order valence-corrected chi connectivity index (χ4v) is 1.26. The molecule has 12 heavy (non-hydrogen) atoms. The zero-order chi connectivity index (χ0) is 8.65. The second kappa shape index (κ2) is 5.70. The second-order valence-corrected chi connectivity index (χ2v) is 3.02. The number of aldehydes is 1. The van der Waals surface area contributed by atoms with Gasteiger partial charge < -0.3 is 4.79 Å². The predicted molar refractivity (Wildman–Crippen MR) is 50.6 cm³/mol. The number of carbonyl (C=O) groups is 1. The molecule has 66 valence electrons. The molecular weight excluding hydrogens is 150 g/mol. The standard InChI is InChI=1S/C10H15NO/c12-8-3-1-2-5-10-6-4-7-11-9-10/h5,8-9H,1-4,6-7H2/b10-5+. The van der Waals surface area contributed by atoms with Crippen LogP contribution in [0.5, 0.6) is 0 Å². The van der Waals surface area contributed by atoms with Crippen molar-refractivity contribution in [1.29, 1.82) is 0 Å². The molecule has 2 nitrogen and oxygen atoms in total. The summed E-state index contributed by atoms with van der Waals surface area (Å²) in [6, 6.07) is 0. The molecule has 0 bridgehead atoms. The van der Waals surface area contributed by atoms with Gasteiger partial charge >= 0.3 is 0 Å². The Morgan fingerprint density at radius 3 is 3.08 bits per heavy atom. The first-order chi connectivity index (χ1) is 5.93. The minimum absolute atomic E-state index is 0.681. The lowest BCUT2D eigenvalue weighted by Crippen LogP contribution is -1.96. The quantitative estimate of drug-likeness (QED) is 0.463. The van der Waals surface area contributed by atoms with Gasteiger partial charge in [0.15, 0.2) is 0 Å². The van der Waals surface area contributed by atoms with E-state index in [2.05, 4.69) is 11.1 Å². The summed E-state index contributed by atoms with van der Waals surface area (Å²) < 4.78 is 0. The highest BCUT2D eigenvalue weighted by Gasteiger charge is 1.98. The van der Waals surface area contributed by atoms with Gasteiger partial charge in [-0.2, -0.15) is 0 Å². The van der Waals surface area contributed by atoms with E-state index in [0.717, 1.165) is 32.1 Å². The van der Waals surface area contributed by atoms with E-state index in [1.54, 1.807) is 0 Å². The van der Waals surface area contributed by atoms with Crippen LogP contribution in [0.15, 0.2) is 16.6 Å². The Balaban J connectivity index is 2.21. The summed E-state index contributed by atoms with van der Waals surface area (Å²) in [5, 5.41) is 0. The molecule has 1 aliphatic heterocycles. The van der Waals surface area contributed by atoms with Crippen LogP contribution in [0.3, 0.4) is 0 Å². The van der Waals surface area contributed by atoms with Crippen molar-refractivity contribution in [3.05, 3.63) is 11.6 Å². The molecule has 0 aliphatic carbocycles. The van der Waals surface area contributed by atoms with Gasteiger partial charge in [-0.15, -0.1) is 0 Å². The summed E-state index contributed by atoms with van der Waals surface area (Å²) >= 11 is 0. The van der Waals surface area contributed by atoms with E-state index in [9.17, 15) is 4.79 Å². The second-order valence-electron chi connectivity index (χ2n) is 3.02. The highest BCUT2D eigenvalue weighted by molar-refractivity contribution is 5.79. The average Bonchev–Trinajstić information content (AvgIpc) is 2.14. The van der Waals surface area contributed by atoms with E-state index in [1.807, 2.05) is 6.21 Å². The molecule has 1 heterocycles. The summed E-state index contributed by atoms with van der Waals surface area (Å²) in [6.07, 6.45) is 10.1. The first-order valence-electron chi connectivity index (χ1n) is 4.56. The normalized spacial score (nSPS) is 19.8. The van der Waals surface area contributed by atoms with Gasteiger partial charge in [-0.25, -0.2) is 0 Å². The molecular formula is C10H15NO. The molecule has 0 radical (unpaired) electrons. The minimum Gasteiger partial charge on any atom is -0.303 e. The van der Waals surface area contributed by atoms with Crippen molar-refractivity contribution in [2.24, 2.45) is 4.99 Å². The third kappa shape index (κ3) is 3.46. The van der Waals surface area contributed by atoms with Crippen LogP contribution in [0, 0.1) is 0 Å². The Morgan fingerprint density at radius 1 is 1.50 bits per heavy atom. The number of aliphatic imine (C=N–C) groups is 1. The monoisotopic (exact) mass is 165 g/mol. The molecule has 0 saturated heterocycles. The lowest BCUT2D eigenvalue weighted by Gasteiger charge is -2.05. The smallest absolute Gasteiger partial charge is 0.120 e. The predicted octanol–water partition coefficient (Wildman–Crippen LogP) is 2.15. The maximum Gasteiger partial charge on any atom is 0.120 e. The van der Waals surface area contributed by atoms with Gasteiger partial charge in [-0.3, -0.25) is 4.99 Å². The Morgan fingerprint density at radius 2 is 2.42 bits per heavy atom. The number of hydrogen-bond acceptors (Lipinski definition) is 2. The Bertz CT molecular complexity index is 194. The SMILES string of the molecule is O=CCCC/C=C1/C=NCCC1. The molecule has 0 amide bonds. The minimum atomic E-state index is 0.681. The number of nitrogens with zero attached hydrogens (tertiary/aromatic N) is 1. The molecule has 0 aromatic rings. The molecule has 0 N–H and O–H groups in total. The molecule has 0 aromatic heterocycles. The topological polar surface area (TPSA) is 29.4 Å². The van der Waals surface area contributed by atoms with Crippen molar-refractivity contribution in [3.63, 3.8) is 0 Å². The van der Waals surface area contributed by atoms with Gasteiger partial charge in [0.2, 0.25) is 0 Å². The van der Waals surface area contributed by atoms with Gasteiger partial charge in [0.1, 0.15) is 6.29 Å². The maximum atomic E-state index is 10.0. The number of rotatable bonds is 4. The molecule has 0 aromatic carbocycles. The van der Waals surface area contributed by atoms with Crippen molar-refractivity contribution in [2.75, 3.05) is 6.54 Å². The van der Waals surface area contributed by atoms with Crippen molar-refractivity contribution in [1.82, 2.24) is 0 Å². The van der Waals surface area contributed by atoms with Crippen LogP contribution in [0.2, 0.25) is 0 Å². The zero-order valence-corrected chi connectivity index (χ0v) is 7.33. The van der Waals surface area contributed by atoms with Gasteiger partial charge in [0, 0.05) is 19.2 Å². The average molecular weight is 165 g/mol.